The van der Waals surface area contributed by atoms with Crippen LogP contribution < -0.4 is 18.9 Å². The van der Waals surface area contributed by atoms with Crippen LogP contribution in [0.5, 0.6) is 23.0 Å². The van der Waals surface area contributed by atoms with Crippen molar-refractivity contribution in [3.63, 3.8) is 0 Å². The van der Waals surface area contributed by atoms with E-state index in [0.29, 0.717) is 16.5 Å². The predicted octanol–water partition coefficient (Wildman–Crippen LogP) is 6.57. The molecule has 0 atom stereocenters. The molecule has 9 heteroatoms. The molecule has 0 N–H and O–H groups in total. The first kappa shape index (κ1) is 30.2. The van der Waals surface area contributed by atoms with Gasteiger partial charge >= 0.3 is 23.9 Å². The van der Waals surface area contributed by atoms with E-state index in [1.807, 2.05) is 0 Å². The van der Waals surface area contributed by atoms with Crippen molar-refractivity contribution in [3.8, 4) is 34.1 Å². The number of esters is 4. The minimum atomic E-state index is -0.867. The Morgan fingerprint density at radius 1 is 0.585 bits per heavy atom. The topological polar surface area (TPSA) is 105 Å². The first-order chi connectivity index (χ1) is 19.2. The van der Waals surface area contributed by atoms with Crippen LogP contribution in [0.25, 0.3) is 21.9 Å². The molecule has 0 unspecified atom stereocenters. The third-order valence-corrected chi connectivity index (χ3v) is 5.44. The molecule has 3 rings (SSSR count). The summed E-state index contributed by atoms with van der Waals surface area (Å²) in [5, 5.41) is 0.601. The summed E-state index contributed by atoms with van der Waals surface area (Å²) in [4.78, 5) is 49.2. The van der Waals surface area contributed by atoms with Crippen molar-refractivity contribution in [1.82, 2.24) is 0 Å². The molecule has 0 amide bonds. The Morgan fingerprint density at radius 2 is 1.05 bits per heavy atom. The van der Waals surface area contributed by atoms with Crippen LogP contribution in [0, 0.1) is 5.82 Å². The zero-order valence-electron chi connectivity index (χ0n) is 23.0. The molecule has 0 aliphatic heterocycles. The first-order valence-electron chi connectivity index (χ1n) is 12.1. The fourth-order valence-corrected chi connectivity index (χ4v) is 3.27. The monoisotopic (exact) mass is 558 g/mol. The van der Waals surface area contributed by atoms with Gasteiger partial charge < -0.3 is 18.9 Å². The molecule has 41 heavy (non-hydrogen) atoms. The molecule has 0 heterocycles. The van der Waals surface area contributed by atoms with Crippen molar-refractivity contribution in [1.29, 1.82) is 0 Å². The van der Waals surface area contributed by atoms with Crippen LogP contribution in [-0.2, 0) is 19.2 Å². The highest BCUT2D eigenvalue weighted by atomic mass is 19.1. The second kappa shape index (κ2) is 12.3. The summed E-state index contributed by atoms with van der Waals surface area (Å²) < 4.78 is 36.5. The van der Waals surface area contributed by atoms with Crippen LogP contribution in [0.15, 0.2) is 91.1 Å². The van der Waals surface area contributed by atoms with Gasteiger partial charge in [-0.1, -0.05) is 38.4 Å². The quantitative estimate of drug-likeness (QED) is 0.165. The summed E-state index contributed by atoms with van der Waals surface area (Å²) in [5.74, 6) is -4.81. The molecule has 0 aliphatic rings. The summed E-state index contributed by atoms with van der Waals surface area (Å²) in [6.45, 7) is 19.9. The number of rotatable bonds is 9. The fourth-order valence-electron chi connectivity index (χ4n) is 3.27. The zero-order valence-corrected chi connectivity index (χ0v) is 23.0. The number of hydrogen-bond donors (Lipinski definition) is 0. The lowest BCUT2D eigenvalue weighted by atomic mass is 10.00. The molecule has 3 aromatic rings. The largest absolute Gasteiger partial charge is 0.423 e. The highest BCUT2D eigenvalue weighted by Crippen LogP contribution is 2.43. The van der Waals surface area contributed by atoms with Gasteiger partial charge in [0.25, 0.3) is 0 Å². The average Bonchev–Trinajstić information content (AvgIpc) is 2.89. The number of halogens is 1. The molecule has 0 saturated heterocycles. The minimum absolute atomic E-state index is 0.00224. The van der Waals surface area contributed by atoms with Crippen molar-refractivity contribution in [2.75, 3.05) is 0 Å². The van der Waals surface area contributed by atoms with Gasteiger partial charge in [0.1, 0.15) is 11.6 Å². The van der Waals surface area contributed by atoms with Gasteiger partial charge in [-0.25, -0.2) is 23.6 Å². The Morgan fingerprint density at radius 3 is 1.54 bits per heavy atom. The van der Waals surface area contributed by atoms with Crippen LogP contribution >= 0.6 is 0 Å². The standard InChI is InChI=1S/C32H27FO8/c1-16(2)29(34)38-23-11-21-10-9-20(12-24(21)25(33)15-23)22-13-26(39-30(35)17(3)4)28(41-32(37)19(7)8)27(14-22)40-31(36)18(5)6/h9-15H,1,3,5,7H2,2,4,6,8H3. The maximum atomic E-state index is 15.1. The van der Waals surface area contributed by atoms with E-state index in [9.17, 15) is 19.2 Å². The van der Waals surface area contributed by atoms with Gasteiger partial charge in [0, 0.05) is 33.7 Å². The molecule has 0 aliphatic carbocycles. The third kappa shape index (κ3) is 7.21. The van der Waals surface area contributed by atoms with E-state index in [4.69, 9.17) is 18.9 Å². The van der Waals surface area contributed by atoms with Gasteiger partial charge in [0.05, 0.1) is 0 Å². The highest BCUT2D eigenvalue weighted by Gasteiger charge is 2.24. The summed E-state index contributed by atoms with van der Waals surface area (Å²) >= 11 is 0. The highest BCUT2D eigenvalue weighted by molar-refractivity contribution is 5.95. The predicted molar refractivity (Wildman–Crippen MR) is 151 cm³/mol. The smallest absolute Gasteiger partial charge is 0.338 e. The lowest BCUT2D eigenvalue weighted by molar-refractivity contribution is -0.133. The molecule has 0 saturated carbocycles. The van der Waals surface area contributed by atoms with E-state index >= 15 is 4.39 Å². The van der Waals surface area contributed by atoms with Gasteiger partial charge in [-0.2, -0.15) is 0 Å². The number of hydrogen-bond acceptors (Lipinski definition) is 8. The van der Waals surface area contributed by atoms with Gasteiger partial charge in [-0.05, 0) is 68.5 Å². The number of carbonyl (C=O) groups is 4. The molecular formula is C32H27FO8. The molecule has 0 aromatic heterocycles. The van der Waals surface area contributed by atoms with Crippen LogP contribution in [0.1, 0.15) is 27.7 Å². The Bertz CT molecular complexity index is 1630. The zero-order chi connectivity index (χ0) is 30.6. The lowest BCUT2D eigenvalue weighted by Gasteiger charge is -2.17. The van der Waals surface area contributed by atoms with Gasteiger partial charge in [-0.15, -0.1) is 0 Å². The van der Waals surface area contributed by atoms with E-state index in [-0.39, 0.29) is 50.7 Å². The molecular weight excluding hydrogens is 531 g/mol. The number of benzene rings is 3. The second-order valence-corrected chi connectivity index (χ2v) is 9.32. The van der Waals surface area contributed by atoms with E-state index in [1.165, 1.54) is 52.0 Å². The Balaban J connectivity index is 2.22. The SMILES string of the molecule is C=C(C)C(=O)Oc1cc(F)c2cc(-c3cc(OC(=O)C(=C)C)c(OC(=O)C(=C)C)c(OC(=O)C(=C)C)c3)ccc2c1. The average molecular weight is 559 g/mol. The summed E-state index contributed by atoms with van der Waals surface area (Å²) in [6.07, 6.45) is 0. The minimum Gasteiger partial charge on any atom is -0.423 e. The van der Waals surface area contributed by atoms with Gasteiger partial charge in [0.15, 0.2) is 11.5 Å². The molecule has 3 aromatic carbocycles. The lowest BCUT2D eigenvalue weighted by Crippen LogP contribution is -2.15. The number of ether oxygens (including phenoxy) is 4. The van der Waals surface area contributed by atoms with E-state index in [1.54, 1.807) is 12.1 Å². The van der Waals surface area contributed by atoms with Crippen molar-refractivity contribution in [2.24, 2.45) is 0 Å². The molecule has 8 nitrogen and oxygen atoms in total. The third-order valence-electron chi connectivity index (χ3n) is 5.44. The molecule has 0 bridgehead atoms. The first-order valence-corrected chi connectivity index (χ1v) is 12.1. The maximum Gasteiger partial charge on any atom is 0.338 e. The van der Waals surface area contributed by atoms with E-state index in [0.717, 1.165) is 6.07 Å². The Labute approximate surface area is 236 Å². The van der Waals surface area contributed by atoms with Gasteiger partial charge in [0.2, 0.25) is 5.75 Å². The van der Waals surface area contributed by atoms with Crippen molar-refractivity contribution >= 4 is 34.6 Å². The van der Waals surface area contributed by atoms with E-state index in [2.05, 4.69) is 26.3 Å². The van der Waals surface area contributed by atoms with Gasteiger partial charge in [-0.3, -0.25) is 0 Å². The van der Waals surface area contributed by atoms with Crippen molar-refractivity contribution in [2.45, 2.75) is 27.7 Å². The second-order valence-electron chi connectivity index (χ2n) is 9.32. The Kier molecular flexibility index (Phi) is 9.03. The van der Waals surface area contributed by atoms with Crippen LogP contribution in [0.3, 0.4) is 0 Å². The molecule has 210 valence electrons. The molecule has 0 fully saturated rings. The molecule has 0 spiro atoms. The molecule has 0 radical (unpaired) electrons. The van der Waals surface area contributed by atoms with Crippen molar-refractivity contribution < 1.29 is 42.5 Å². The van der Waals surface area contributed by atoms with Crippen LogP contribution in [-0.4, -0.2) is 23.9 Å². The maximum absolute atomic E-state index is 15.1. The number of carbonyl (C=O) groups excluding carboxylic acids is 4. The Hall–Kier alpha value is -5.31. The van der Waals surface area contributed by atoms with Crippen molar-refractivity contribution in [3.05, 3.63) is 96.9 Å². The fraction of sp³-hybridized carbons (Fsp3) is 0.125. The van der Waals surface area contributed by atoms with E-state index < -0.39 is 29.7 Å². The van der Waals surface area contributed by atoms with Crippen LogP contribution in [0.2, 0.25) is 0 Å². The summed E-state index contributed by atoms with van der Waals surface area (Å²) in [6, 6.07) is 9.98. The summed E-state index contributed by atoms with van der Waals surface area (Å²) in [5.41, 5.74) is 1.01. The normalized spacial score (nSPS) is 10.4. The van der Waals surface area contributed by atoms with Crippen LogP contribution in [0.4, 0.5) is 4.39 Å². The number of fused-ring (bicyclic) bond motifs is 1. The summed E-state index contributed by atoms with van der Waals surface area (Å²) in [7, 11) is 0.